The van der Waals surface area contributed by atoms with Gasteiger partial charge in [-0.25, -0.2) is 4.98 Å². The lowest BCUT2D eigenvalue weighted by atomic mass is 10.1. The van der Waals surface area contributed by atoms with E-state index >= 15 is 0 Å². The number of nitrogens with zero attached hydrogens (tertiary/aromatic N) is 5. The molecule has 14 heteroatoms. The number of benzene rings is 2. The molecule has 3 aromatic heterocycles. The van der Waals surface area contributed by atoms with Gasteiger partial charge in [-0.05, 0) is 41.8 Å². The highest BCUT2D eigenvalue weighted by atomic mass is 32.2. The number of carbonyl (C=O) groups is 4. The lowest BCUT2D eigenvalue weighted by Gasteiger charge is -2.25. The molecule has 4 amide bonds. The molecule has 0 unspecified atom stereocenters. The van der Waals surface area contributed by atoms with Gasteiger partial charge in [0.25, 0.3) is 23.6 Å². The molecule has 5 aromatic rings. The van der Waals surface area contributed by atoms with Crippen LogP contribution in [0.15, 0.2) is 79.3 Å². The Morgan fingerprint density at radius 3 is 2.27 bits per heavy atom. The predicted molar refractivity (Wildman–Crippen MR) is 187 cm³/mol. The minimum Gasteiger partial charge on any atom is -0.348 e. The third-order valence-electron chi connectivity index (χ3n) is 7.90. The molecule has 1 fully saturated rings. The zero-order chi connectivity index (χ0) is 33.6. The van der Waals surface area contributed by atoms with E-state index in [2.05, 4.69) is 36.1 Å². The van der Waals surface area contributed by atoms with Crippen LogP contribution in [0, 0.1) is 0 Å². The molecular weight excluding hydrogens is 630 g/mol. The number of nitrogens with one attached hydrogen (secondary N) is 4. The van der Waals surface area contributed by atoms with Crippen molar-refractivity contribution >= 4 is 63.4 Å². The third-order valence-corrected chi connectivity index (χ3v) is 8.84. The summed E-state index contributed by atoms with van der Waals surface area (Å²) in [6, 6.07) is 17.3. The highest BCUT2D eigenvalue weighted by Crippen LogP contribution is 2.19. The minimum atomic E-state index is -0.412. The maximum Gasteiger partial charge on any atom is 0.287 e. The summed E-state index contributed by atoms with van der Waals surface area (Å²) in [5.41, 5.74) is 1.85. The van der Waals surface area contributed by atoms with Crippen LogP contribution in [0.25, 0.3) is 10.8 Å². The van der Waals surface area contributed by atoms with E-state index < -0.39 is 11.8 Å². The molecule has 1 aliphatic heterocycles. The molecule has 4 N–H and O–H groups in total. The molecule has 246 valence electrons. The van der Waals surface area contributed by atoms with E-state index in [1.807, 2.05) is 36.0 Å². The molecule has 13 nitrogen and oxygen atoms in total. The lowest BCUT2D eigenvalue weighted by Crippen LogP contribution is -2.39. The number of carbonyl (C=O) groups excluding carboxylic acids is 4. The molecule has 4 heterocycles. The van der Waals surface area contributed by atoms with Crippen LogP contribution in [-0.4, -0.2) is 85.3 Å². The van der Waals surface area contributed by atoms with E-state index in [1.54, 1.807) is 78.2 Å². The summed E-state index contributed by atoms with van der Waals surface area (Å²) in [6.07, 6.45) is 4.87. The van der Waals surface area contributed by atoms with Crippen molar-refractivity contribution in [2.75, 3.05) is 53.6 Å². The fourth-order valence-corrected chi connectivity index (χ4v) is 6.30. The average Bonchev–Trinajstić information content (AvgIpc) is 3.65. The molecule has 1 saturated heterocycles. The first-order valence-electron chi connectivity index (χ1n) is 15.4. The van der Waals surface area contributed by atoms with Crippen LogP contribution in [0.4, 0.5) is 17.2 Å². The van der Waals surface area contributed by atoms with E-state index in [-0.39, 0.29) is 29.2 Å². The fraction of sp³-hybridized carbons (Fsp3) is 0.235. The van der Waals surface area contributed by atoms with Gasteiger partial charge in [-0.1, -0.05) is 24.3 Å². The molecule has 1 aliphatic rings. The SMILES string of the molecule is Cn1cc(NC(=O)c2cc3ccccc3cn2)cc1C(=O)Nc1ccc(C(=O)Nc2cn(C)c(C(=O)NCCN3CCSCC3)n2)cc1. The Balaban J connectivity index is 1.01. The largest absolute Gasteiger partial charge is 0.348 e. The van der Waals surface area contributed by atoms with Crippen molar-refractivity contribution in [2.24, 2.45) is 14.1 Å². The van der Waals surface area contributed by atoms with Gasteiger partial charge in [0, 0.05) is 87.0 Å². The first-order valence-corrected chi connectivity index (χ1v) is 16.6. The van der Waals surface area contributed by atoms with Crippen molar-refractivity contribution in [3.05, 3.63) is 102 Å². The zero-order valence-corrected chi connectivity index (χ0v) is 27.3. The normalized spacial score (nSPS) is 13.2. The smallest absolute Gasteiger partial charge is 0.287 e. The minimum absolute atomic E-state index is 0.200. The Labute approximate surface area is 281 Å². The van der Waals surface area contributed by atoms with Crippen molar-refractivity contribution in [3.63, 3.8) is 0 Å². The number of anilines is 3. The number of hydrogen-bond acceptors (Lipinski definition) is 8. The number of hydrogen-bond donors (Lipinski definition) is 4. The highest BCUT2D eigenvalue weighted by Gasteiger charge is 2.18. The quantitative estimate of drug-likeness (QED) is 0.175. The molecule has 0 aliphatic carbocycles. The van der Waals surface area contributed by atoms with Crippen molar-refractivity contribution in [3.8, 4) is 0 Å². The molecule has 0 spiro atoms. The molecule has 0 bridgehead atoms. The van der Waals surface area contributed by atoms with Gasteiger partial charge in [-0.2, -0.15) is 11.8 Å². The monoisotopic (exact) mass is 665 g/mol. The van der Waals surface area contributed by atoms with E-state index in [0.717, 1.165) is 41.9 Å². The van der Waals surface area contributed by atoms with Gasteiger partial charge in [0.1, 0.15) is 11.4 Å². The molecule has 48 heavy (non-hydrogen) atoms. The molecule has 6 rings (SSSR count). The number of rotatable bonds is 10. The summed E-state index contributed by atoms with van der Waals surface area (Å²) < 4.78 is 3.18. The van der Waals surface area contributed by atoms with Crippen LogP contribution in [0.2, 0.25) is 0 Å². The summed E-state index contributed by atoms with van der Waals surface area (Å²) in [7, 11) is 3.40. The van der Waals surface area contributed by atoms with Crippen LogP contribution >= 0.6 is 11.8 Å². The van der Waals surface area contributed by atoms with Gasteiger partial charge in [-0.3, -0.25) is 29.1 Å². The molecule has 2 aromatic carbocycles. The second-order valence-corrected chi connectivity index (χ2v) is 12.6. The number of fused-ring (bicyclic) bond motifs is 1. The first kappa shape index (κ1) is 32.5. The Kier molecular flexibility index (Phi) is 9.83. The third kappa shape index (κ3) is 7.73. The van der Waals surface area contributed by atoms with Gasteiger partial charge in [0.05, 0.1) is 5.69 Å². The van der Waals surface area contributed by atoms with Crippen LogP contribution < -0.4 is 21.3 Å². The maximum atomic E-state index is 13.1. The summed E-state index contributed by atoms with van der Waals surface area (Å²) >= 11 is 1.94. The molecular formula is C34H35N9O4S. The van der Waals surface area contributed by atoms with Crippen LogP contribution in [0.1, 0.15) is 42.0 Å². The van der Waals surface area contributed by atoms with E-state index in [0.29, 0.717) is 29.2 Å². The van der Waals surface area contributed by atoms with Crippen LogP contribution in [0.5, 0.6) is 0 Å². The number of pyridine rings is 1. The van der Waals surface area contributed by atoms with Gasteiger partial charge < -0.3 is 30.4 Å². The highest BCUT2D eigenvalue weighted by molar-refractivity contribution is 7.99. The van der Waals surface area contributed by atoms with Crippen molar-refractivity contribution in [1.29, 1.82) is 0 Å². The first-order chi connectivity index (χ1) is 23.2. The number of imidazole rings is 1. The second kappa shape index (κ2) is 14.5. The van der Waals surface area contributed by atoms with Gasteiger partial charge in [0.15, 0.2) is 5.82 Å². The van der Waals surface area contributed by atoms with Crippen LogP contribution in [0.3, 0.4) is 0 Å². The number of aromatic nitrogens is 4. The Morgan fingerprint density at radius 1 is 0.771 bits per heavy atom. The van der Waals surface area contributed by atoms with Crippen molar-refractivity contribution in [1.82, 2.24) is 29.3 Å². The fourth-order valence-electron chi connectivity index (χ4n) is 5.32. The van der Waals surface area contributed by atoms with Crippen molar-refractivity contribution < 1.29 is 19.2 Å². The summed E-state index contributed by atoms with van der Waals surface area (Å²) in [6.45, 7) is 3.35. The number of aryl methyl sites for hydroxylation is 2. The summed E-state index contributed by atoms with van der Waals surface area (Å²) in [4.78, 5) is 62.4. The predicted octanol–water partition coefficient (Wildman–Crippen LogP) is 3.84. The van der Waals surface area contributed by atoms with Gasteiger partial charge >= 0.3 is 0 Å². The van der Waals surface area contributed by atoms with E-state index in [1.165, 1.54) is 0 Å². The number of thioether (sulfide) groups is 1. The summed E-state index contributed by atoms with van der Waals surface area (Å²) in [5.74, 6) is 1.16. The van der Waals surface area contributed by atoms with Gasteiger partial charge in [0.2, 0.25) is 5.82 Å². The standard InChI is InChI=1S/C34H35N9O4S/c1-41-20-26(38-32(45)27-17-23-5-3-4-6-24(23)19-36-27)18-28(41)33(46)37-25-9-7-22(8-10-25)31(44)40-29-21-42(2)30(39-29)34(47)35-11-12-43-13-15-48-16-14-43/h3-10,17-21H,11-16H2,1-2H3,(H,35,47)(H,37,46)(H,38,45)(H,40,44). The number of amides is 4. The summed E-state index contributed by atoms with van der Waals surface area (Å²) in [5, 5.41) is 13.1. The Bertz CT molecular complexity index is 1980. The van der Waals surface area contributed by atoms with Gasteiger partial charge in [-0.15, -0.1) is 0 Å². The zero-order valence-electron chi connectivity index (χ0n) is 26.5. The Hall–Kier alpha value is -5.47. The van der Waals surface area contributed by atoms with E-state index in [9.17, 15) is 19.2 Å². The van der Waals surface area contributed by atoms with Crippen molar-refractivity contribution in [2.45, 2.75) is 0 Å². The topological polar surface area (TPSA) is 155 Å². The molecule has 0 saturated carbocycles. The second-order valence-electron chi connectivity index (χ2n) is 11.4. The Morgan fingerprint density at radius 2 is 1.50 bits per heavy atom. The average molecular weight is 666 g/mol. The lowest BCUT2D eigenvalue weighted by molar-refractivity contribution is 0.0933. The molecule has 0 atom stereocenters. The maximum absolute atomic E-state index is 13.1. The molecule has 0 radical (unpaired) electrons. The van der Waals surface area contributed by atoms with Crippen LogP contribution in [-0.2, 0) is 14.1 Å². The van der Waals surface area contributed by atoms with E-state index in [4.69, 9.17) is 0 Å².